The minimum Gasteiger partial charge on any atom is -0.463 e. The van der Waals surface area contributed by atoms with Crippen LogP contribution in [0.1, 0.15) is 39.2 Å². The molecule has 20 heavy (non-hydrogen) atoms. The number of hydrogen-bond acceptors (Lipinski definition) is 2. The van der Waals surface area contributed by atoms with E-state index in [-0.39, 0.29) is 5.97 Å². The molecule has 0 unspecified atom stereocenters. The molecule has 108 valence electrons. The lowest BCUT2D eigenvalue weighted by molar-refractivity contribution is -0.138. The summed E-state index contributed by atoms with van der Waals surface area (Å²) < 4.78 is 5.07. The maximum atomic E-state index is 11.8. The molecule has 2 nitrogen and oxygen atoms in total. The Kier molecular flexibility index (Phi) is 7.41. The average Bonchev–Trinajstić information content (AvgIpc) is 2.49. The van der Waals surface area contributed by atoms with Crippen LogP contribution in [-0.2, 0) is 16.0 Å². The van der Waals surface area contributed by atoms with Crippen LogP contribution in [-0.4, -0.2) is 12.6 Å². The minimum absolute atomic E-state index is 0.200. The van der Waals surface area contributed by atoms with Gasteiger partial charge in [-0.1, -0.05) is 55.8 Å². The third-order valence-electron chi connectivity index (χ3n) is 3.13. The highest BCUT2D eigenvalue weighted by Crippen LogP contribution is 2.13. The molecule has 0 fully saturated rings. The Morgan fingerprint density at radius 1 is 1.10 bits per heavy atom. The second-order valence-electron chi connectivity index (χ2n) is 4.57. The summed E-state index contributed by atoms with van der Waals surface area (Å²) >= 11 is 0. The maximum Gasteiger partial charge on any atom is 0.333 e. The van der Waals surface area contributed by atoms with E-state index in [1.54, 1.807) is 0 Å². The summed E-state index contributed by atoms with van der Waals surface area (Å²) in [4.78, 5) is 11.8. The van der Waals surface area contributed by atoms with Crippen LogP contribution in [0.4, 0.5) is 0 Å². The fourth-order valence-corrected chi connectivity index (χ4v) is 1.92. The molecule has 0 radical (unpaired) electrons. The molecule has 0 aliphatic heterocycles. The van der Waals surface area contributed by atoms with Crippen molar-refractivity contribution in [2.24, 2.45) is 0 Å². The number of carbonyl (C=O) groups is 1. The molecule has 0 aliphatic rings. The van der Waals surface area contributed by atoms with Crippen molar-refractivity contribution >= 4 is 5.97 Å². The van der Waals surface area contributed by atoms with Crippen molar-refractivity contribution in [2.75, 3.05) is 6.61 Å². The standard InChI is InChI=1S/C18H24O2/c1-4-15(12-13-16-10-8-7-9-11-16)14-17(5-2)18(19)20-6-3/h7-12,14H,4-6,13H2,1-3H3/b15-12+,17-14+. The van der Waals surface area contributed by atoms with Crippen LogP contribution >= 0.6 is 0 Å². The average molecular weight is 272 g/mol. The monoisotopic (exact) mass is 272 g/mol. The van der Waals surface area contributed by atoms with Gasteiger partial charge in [-0.05, 0) is 37.8 Å². The molecule has 1 aromatic carbocycles. The van der Waals surface area contributed by atoms with Gasteiger partial charge in [-0.2, -0.15) is 0 Å². The van der Waals surface area contributed by atoms with Crippen LogP contribution in [0.15, 0.2) is 53.6 Å². The lowest BCUT2D eigenvalue weighted by Crippen LogP contribution is -2.07. The Labute approximate surface area is 122 Å². The van der Waals surface area contributed by atoms with E-state index in [2.05, 4.69) is 25.1 Å². The molecule has 0 aliphatic carbocycles. The lowest BCUT2D eigenvalue weighted by Gasteiger charge is -2.06. The Morgan fingerprint density at radius 3 is 2.35 bits per heavy atom. The van der Waals surface area contributed by atoms with Crippen LogP contribution in [0, 0.1) is 0 Å². The molecule has 0 aromatic heterocycles. The molecule has 1 rings (SSSR count). The van der Waals surface area contributed by atoms with Gasteiger partial charge in [-0.25, -0.2) is 4.79 Å². The van der Waals surface area contributed by atoms with Gasteiger partial charge in [0.25, 0.3) is 0 Å². The second-order valence-corrected chi connectivity index (χ2v) is 4.57. The number of carbonyl (C=O) groups excluding carboxylic acids is 1. The summed E-state index contributed by atoms with van der Waals surface area (Å²) in [6.07, 6.45) is 6.66. The Bertz CT molecular complexity index is 469. The summed E-state index contributed by atoms with van der Waals surface area (Å²) in [7, 11) is 0. The topological polar surface area (TPSA) is 26.3 Å². The maximum absolute atomic E-state index is 11.8. The SMILES string of the molecule is CCOC(=O)/C(=C/C(=C/Cc1ccccc1)CC)CC. The lowest BCUT2D eigenvalue weighted by atomic mass is 10.0. The molecule has 0 atom stereocenters. The zero-order chi connectivity index (χ0) is 14.8. The van der Waals surface area contributed by atoms with E-state index in [0.29, 0.717) is 13.0 Å². The first kappa shape index (κ1) is 16.2. The highest BCUT2D eigenvalue weighted by atomic mass is 16.5. The summed E-state index contributed by atoms with van der Waals surface area (Å²) in [5, 5.41) is 0. The number of hydrogen-bond donors (Lipinski definition) is 0. The van der Waals surface area contributed by atoms with Gasteiger partial charge >= 0.3 is 5.97 Å². The minimum atomic E-state index is -0.200. The predicted molar refractivity (Wildman–Crippen MR) is 83.5 cm³/mol. The van der Waals surface area contributed by atoms with Gasteiger partial charge in [-0.3, -0.25) is 0 Å². The van der Waals surface area contributed by atoms with Crippen LogP contribution in [0.2, 0.25) is 0 Å². The molecule has 1 aromatic rings. The van der Waals surface area contributed by atoms with Crippen molar-refractivity contribution in [1.29, 1.82) is 0 Å². The molecule has 0 saturated carbocycles. The number of allylic oxidation sites excluding steroid dienone is 3. The second kappa shape index (κ2) is 9.13. The molecule has 0 heterocycles. The zero-order valence-corrected chi connectivity index (χ0v) is 12.7. The first-order chi connectivity index (χ1) is 9.71. The Balaban J connectivity index is 2.80. The van der Waals surface area contributed by atoms with Gasteiger partial charge < -0.3 is 4.74 Å². The van der Waals surface area contributed by atoms with E-state index in [0.717, 1.165) is 18.4 Å². The van der Waals surface area contributed by atoms with Crippen LogP contribution in [0.3, 0.4) is 0 Å². The normalized spacial score (nSPS) is 12.3. The smallest absolute Gasteiger partial charge is 0.333 e. The first-order valence-electron chi connectivity index (χ1n) is 7.31. The van der Waals surface area contributed by atoms with Gasteiger partial charge in [-0.15, -0.1) is 0 Å². The number of ether oxygens (including phenoxy) is 1. The van der Waals surface area contributed by atoms with Crippen LogP contribution < -0.4 is 0 Å². The Morgan fingerprint density at radius 2 is 1.80 bits per heavy atom. The highest BCUT2D eigenvalue weighted by Gasteiger charge is 2.08. The number of benzene rings is 1. The van der Waals surface area contributed by atoms with E-state index >= 15 is 0 Å². The summed E-state index contributed by atoms with van der Waals surface area (Å²) in [5.74, 6) is -0.200. The van der Waals surface area contributed by atoms with Crippen molar-refractivity contribution in [3.8, 4) is 0 Å². The molecule has 0 N–H and O–H groups in total. The van der Waals surface area contributed by atoms with Gasteiger partial charge in [0.1, 0.15) is 0 Å². The van der Waals surface area contributed by atoms with Crippen molar-refractivity contribution in [3.63, 3.8) is 0 Å². The fourth-order valence-electron chi connectivity index (χ4n) is 1.92. The molecule has 2 heteroatoms. The summed E-state index contributed by atoms with van der Waals surface area (Å²) in [6, 6.07) is 10.3. The quantitative estimate of drug-likeness (QED) is 0.416. The van der Waals surface area contributed by atoms with Crippen LogP contribution in [0.5, 0.6) is 0 Å². The Hall–Kier alpha value is -1.83. The van der Waals surface area contributed by atoms with Crippen LogP contribution in [0.25, 0.3) is 0 Å². The largest absolute Gasteiger partial charge is 0.463 e. The van der Waals surface area contributed by atoms with Crippen molar-refractivity contribution in [1.82, 2.24) is 0 Å². The third-order valence-corrected chi connectivity index (χ3v) is 3.13. The van der Waals surface area contributed by atoms with Gasteiger partial charge in [0.15, 0.2) is 0 Å². The third kappa shape index (κ3) is 5.43. The molecular weight excluding hydrogens is 248 g/mol. The zero-order valence-electron chi connectivity index (χ0n) is 12.7. The van der Waals surface area contributed by atoms with Gasteiger partial charge in [0.2, 0.25) is 0 Å². The molecular formula is C18H24O2. The van der Waals surface area contributed by atoms with Gasteiger partial charge in [0.05, 0.1) is 6.61 Å². The van der Waals surface area contributed by atoms with Gasteiger partial charge in [0, 0.05) is 5.57 Å². The van der Waals surface area contributed by atoms with E-state index in [1.165, 1.54) is 11.1 Å². The van der Waals surface area contributed by atoms with E-state index in [1.807, 2.05) is 38.1 Å². The van der Waals surface area contributed by atoms with E-state index in [9.17, 15) is 4.79 Å². The van der Waals surface area contributed by atoms with Crippen molar-refractivity contribution in [3.05, 3.63) is 59.2 Å². The van der Waals surface area contributed by atoms with E-state index in [4.69, 9.17) is 4.74 Å². The predicted octanol–water partition coefficient (Wildman–Crippen LogP) is 4.47. The molecule has 0 saturated heterocycles. The van der Waals surface area contributed by atoms with Crippen molar-refractivity contribution < 1.29 is 9.53 Å². The highest BCUT2D eigenvalue weighted by molar-refractivity contribution is 5.88. The number of esters is 1. The summed E-state index contributed by atoms with van der Waals surface area (Å²) in [5.41, 5.74) is 3.20. The summed E-state index contributed by atoms with van der Waals surface area (Å²) in [6.45, 7) is 6.33. The fraction of sp³-hybridized carbons (Fsp3) is 0.389. The molecule has 0 bridgehead atoms. The molecule has 0 amide bonds. The number of rotatable bonds is 7. The van der Waals surface area contributed by atoms with Crippen molar-refractivity contribution in [2.45, 2.75) is 40.0 Å². The first-order valence-corrected chi connectivity index (χ1v) is 7.31. The molecule has 0 spiro atoms. The van der Waals surface area contributed by atoms with E-state index < -0.39 is 0 Å².